The molecule has 0 aliphatic carbocycles. The zero-order valence-electron chi connectivity index (χ0n) is 11.4. The second-order valence-electron chi connectivity index (χ2n) is 4.90. The van der Waals surface area contributed by atoms with Crippen LogP contribution in [0.4, 0.5) is 0 Å². The highest BCUT2D eigenvalue weighted by molar-refractivity contribution is 9.10. The van der Waals surface area contributed by atoms with Gasteiger partial charge in [0.05, 0.1) is 22.0 Å². The third-order valence-corrected chi connectivity index (χ3v) is 4.65. The summed E-state index contributed by atoms with van der Waals surface area (Å²) in [5.74, 6) is 0. The van der Waals surface area contributed by atoms with Gasteiger partial charge < -0.3 is 4.74 Å². The van der Waals surface area contributed by atoms with Gasteiger partial charge in [0.25, 0.3) is 0 Å². The minimum absolute atomic E-state index is 0.386. The number of nitrogens with zero attached hydrogens (tertiary/aromatic N) is 3. The van der Waals surface area contributed by atoms with Gasteiger partial charge in [-0.25, -0.2) is 0 Å². The average Bonchev–Trinajstić information content (AvgIpc) is 2.67. The van der Waals surface area contributed by atoms with E-state index in [0.717, 1.165) is 36.3 Å². The van der Waals surface area contributed by atoms with Crippen molar-refractivity contribution in [2.75, 3.05) is 20.2 Å². The molecule has 1 unspecified atom stereocenters. The Morgan fingerprint density at radius 3 is 2.94 bits per heavy atom. The minimum atomic E-state index is 0.386. The minimum Gasteiger partial charge on any atom is -0.380 e. The van der Waals surface area contributed by atoms with Crippen LogP contribution < -0.4 is 0 Å². The van der Waals surface area contributed by atoms with E-state index in [1.54, 1.807) is 0 Å². The Morgan fingerprint density at radius 1 is 1.50 bits per heavy atom. The van der Waals surface area contributed by atoms with Crippen LogP contribution in [0.1, 0.15) is 31.2 Å². The lowest BCUT2D eigenvalue weighted by Gasteiger charge is -2.31. The first-order valence-electron chi connectivity index (χ1n) is 6.62. The molecule has 1 aromatic heterocycles. The summed E-state index contributed by atoms with van der Waals surface area (Å²) in [6.45, 7) is 8.24. The number of ether oxygens (including phenoxy) is 1. The number of aryl methyl sites for hydroxylation is 2. The number of likely N-dealkylation sites (tertiary alicyclic amines) is 1. The smallest absolute Gasteiger partial charge is 0.0739 e. The number of rotatable bonds is 4. The Morgan fingerprint density at radius 2 is 2.28 bits per heavy atom. The molecule has 1 atom stereocenters. The summed E-state index contributed by atoms with van der Waals surface area (Å²) in [7, 11) is 1.81. The predicted molar refractivity (Wildman–Crippen MR) is 75.6 cm³/mol. The third-order valence-electron chi connectivity index (χ3n) is 3.62. The molecule has 0 bridgehead atoms. The van der Waals surface area contributed by atoms with E-state index in [9.17, 15) is 0 Å². The molecule has 1 aromatic rings. The van der Waals surface area contributed by atoms with Gasteiger partial charge in [-0.2, -0.15) is 5.10 Å². The number of piperidine rings is 1. The van der Waals surface area contributed by atoms with E-state index in [-0.39, 0.29) is 0 Å². The van der Waals surface area contributed by atoms with Gasteiger partial charge in [-0.3, -0.25) is 9.58 Å². The Hall–Kier alpha value is -0.390. The van der Waals surface area contributed by atoms with Crippen molar-refractivity contribution in [1.82, 2.24) is 14.7 Å². The van der Waals surface area contributed by atoms with E-state index in [1.165, 1.54) is 18.5 Å². The summed E-state index contributed by atoms with van der Waals surface area (Å²) in [6.07, 6.45) is 2.78. The van der Waals surface area contributed by atoms with Crippen molar-refractivity contribution in [3.63, 3.8) is 0 Å². The zero-order chi connectivity index (χ0) is 13.1. The number of hydrogen-bond acceptors (Lipinski definition) is 3. The van der Waals surface area contributed by atoms with Crippen LogP contribution in [-0.4, -0.2) is 41.0 Å². The summed E-state index contributed by atoms with van der Waals surface area (Å²) >= 11 is 3.66. The number of methoxy groups -OCH3 is 1. The second-order valence-corrected chi connectivity index (χ2v) is 5.69. The fourth-order valence-electron chi connectivity index (χ4n) is 2.58. The molecule has 1 fully saturated rings. The van der Waals surface area contributed by atoms with Crippen LogP contribution in [0.5, 0.6) is 0 Å². The van der Waals surface area contributed by atoms with Crippen LogP contribution in [0.15, 0.2) is 4.47 Å². The van der Waals surface area contributed by atoms with Crippen LogP contribution in [0.2, 0.25) is 0 Å². The molecule has 5 heteroatoms. The fourth-order valence-corrected chi connectivity index (χ4v) is 2.99. The molecule has 0 spiro atoms. The first kappa shape index (κ1) is 14.0. The molecule has 1 aliphatic rings. The summed E-state index contributed by atoms with van der Waals surface area (Å²) in [4.78, 5) is 2.46. The molecule has 0 amide bonds. The second kappa shape index (κ2) is 6.17. The van der Waals surface area contributed by atoms with E-state index < -0.39 is 0 Å². The van der Waals surface area contributed by atoms with E-state index in [0.29, 0.717) is 6.10 Å². The zero-order valence-corrected chi connectivity index (χ0v) is 13.0. The molecule has 18 heavy (non-hydrogen) atoms. The van der Waals surface area contributed by atoms with Gasteiger partial charge in [0.15, 0.2) is 0 Å². The highest BCUT2D eigenvalue weighted by Gasteiger charge is 2.22. The third kappa shape index (κ3) is 2.95. The summed E-state index contributed by atoms with van der Waals surface area (Å²) in [5, 5.41) is 4.55. The van der Waals surface area contributed by atoms with Crippen molar-refractivity contribution in [1.29, 1.82) is 0 Å². The molecule has 2 heterocycles. The number of halogens is 1. The highest BCUT2D eigenvalue weighted by atomic mass is 79.9. The van der Waals surface area contributed by atoms with Crippen molar-refractivity contribution in [2.45, 2.75) is 45.9 Å². The summed E-state index contributed by atoms with van der Waals surface area (Å²) in [6, 6.07) is 0. The van der Waals surface area contributed by atoms with Crippen LogP contribution in [0, 0.1) is 6.92 Å². The largest absolute Gasteiger partial charge is 0.380 e. The quantitative estimate of drug-likeness (QED) is 0.855. The van der Waals surface area contributed by atoms with E-state index in [2.05, 4.69) is 37.5 Å². The Labute approximate surface area is 117 Å². The maximum absolute atomic E-state index is 5.48. The van der Waals surface area contributed by atoms with Crippen LogP contribution in [-0.2, 0) is 17.8 Å². The predicted octanol–water partition coefficient (Wildman–Crippen LogP) is 2.58. The first-order valence-corrected chi connectivity index (χ1v) is 7.42. The van der Waals surface area contributed by atoms with Gasteiger partial charge in [-0.15, -0.1) is 0 Å². The molecule has 0 radical (unpaired) electrons. The molecule has 2 rings (SSSR count). The maximum Gasteiger partial charge on any atom is 0.0739 e. The van der Waals surface area contributed by atoms with Gasteiger partial charge >= 0.3 is 0 Å². The molecular formula is C13H22BrN3O. The number of aromatic nitrogens is 2. The lowest BCUT2D eigenvalue weighted by atomic mass is 10.1. The molecule has 1 aliphatic heterocycles. The molecule has 0 aromatic carbocycles. The van der Waals surface area contributed by atoms with Crippen molar-refractivity contribution in [2.24, 2.45) is 0 Å². The van der Waals surface area contributed by atoms with Gasteiger partial charge in [0.1, 0.15) is 0 Å². The summed E-state index contributed by atoms with van der Waals surface area (Å²) < 4.78 is 8.72. The molecule has 0 saturated carbocycles. The van der Waals surface area contributed by atoms with Gasteiger partial charge in [-0.1, -0.05) is 0 Å². The highest BCUT2D eigenvalue weighted by Crippen LogP contribution is 2.24. The van der Waals surface area contributed by atoms with Crippen molar-refractivity contribution >= 4 is 15.9 Å². The lowest BCUT2D eigenvalue weighted by molar-refractivity contribution is 0.0276. The van der Waals surface area contributed by atoms with Crippen LogP contribution in [0.25, 0.3) is 0 Å². The van der Waals surface area contributed by atoms with Crippen molar-refractivity contribution < 1.29 is 4.74 Å². The fraction of sp³-hybridized carbons (Fsp3) is 0.769. The van der Waals surface area contributed by atoms with Gasteiger partial charge in [0, 0.05) is 26.7 Å². The topological polar surface area (TPSA) is 30.3 Å². The van der Waals surface area contributed by atoms with Crippen molar-refractivity contribution in [3.8, 4) is 0 Å². The molecule has 102 valence electrons. The lowest BCUT2D eigenvalue weighted by Crippen LogP contribution is -2.39. The van der Waals surface area contributed by atoms with E-state index in [4.69, 9.17) is 4.74 Å². The SMILES string of the molecule is CCn1nc(C)c(Br)c1CN1CCCC(OC)C1. The Bertz CT molecular complexity index is 405. The first-order chi connectivity index (χ1) is 8.65. The maximum atomic E-state index is 5.48. The molecule has 0 N–H and O–H groups in total. The van der Waals surface area contributed by atoms with Gasteiger partial charge in [-0.05, 0) is 49.2 Å². The van der Waals surface area contributed by atoms with Crippen LogP contribution >= 0.6 is 15.9 Å². The molecule has 4 nitrogen and oxygen atoms in total. The van der Waals surface area contributed by atoms with Crippen molar-refractivity contribution in [3.05, 3.63) is 15.9 Å². The van der Waals surface area contributed by atoms with E-state index >= 15 is 0 Å². The number of hydrogen-bond donors (Lipinski definition) is 0. The standard InChI is InChI=1S/C13H22BrN3O/c1-4-17-12(13(14)10(2)15-17)9-16-7-5-6-11(8-16)18-3/h11H,4-9H2,1-3H3. The van der Waals surface area contributed by atoms with E-state index in [1.807, 2.05) is 14.0 Å². The van der Waals surface area contributed by atoms with Gasteiger partial charge in [0.2, 0.25) is 0 Å². The Kier molecular flexibility index (Phi) is 4.81. The van der Waals surface area contributed by atoms with Crippen LogP contribution in [0.3, 0.4) is 0 Å². The average molecular weight is 316 g/mol. The molecule has 1 saturated heterocycles. The monoisotopic (exact) mass is 315 g/mol. The summed E-state index contributed by atoms with van der Waals surface area (Å²) in [5.41, 5.74) is 2.36. The Balaban J connectivity index is 2.08. The normalized spacial score (nSPS) is 21.4. The molecular weight excluding hydrogens is 294 g/mol.